The van der Waals surface area contributed by atoms with E-state index in [4.69, 9.17) is 5.11 Å². The average Bonchev–Trinajstić information content (AvgIpc) is 2.91. The van der Waals surface area contributed by atoms with Crippen LogP contribution in [-0.4, -0.2) is 47.4 Å². The lowest BCUT2D eigenvalue weighted by Crippen LogP contribution is -2.40. The topological polar surface area (TPSA) is 86.7 Å². The van der Waals surface area contributed by atoms with E-state index in [-0.39, 0.29) is 10.8 Å². The SMILES string of the molecule is CN1CCC(NC(=O)c2ccc(C(=O)O)s2)C1=O. The van der Waals surface area contributed by atoms with Crippen molar-refractivity contribution in [3.8, 4) is 0 Å². The maximum Gasteiger partial charge on any atom is 0.345 e. The van der Waals surface area contributed by atoms with E-state index >= 15 is 0 Å². The molecule has 7 heteroatoms. The molecule has 0 radical (unpaired) electrons. The molecule has 1 aliphatic rings. The molecule has 2 N–H and O–H groups in total. The van der Waals surface area contributed by atoms with Gasteiger partial charge in [0.2, 0.25) is 5.91 Å². The van der Waals surface area contributed by atoms with Gasteiger partial charge in [-0.05, 0) is 18.6 Å². The number of carboxylic acids is 1. The average molecular weight is 268 g/mol. The van der Waals surface area contributed by atoms with Gasteiger partial charge in [0.15, 0.2) is 0 Å². The summed E-state index contributed by atoms with van der Waals surface area (Å²) in [6.45, 7) is 0.620. The van der Waals surface area contributed by atoms with Crippen molar-refractivity contribution in [2.75, 3.05) is 13.6 Å². The van der Waals surface area contributed by atoms with E-state index in [1.807, 2.05) is 0 Å². The third kappa shape index (κ3) is 2.35. The highest BCUT2D eigenvalue weighted by molar-refractivity contribution is 7.15. The molecule has 2 amide bonds. The first-order valence-electron chi connectivity index (χ1n) is 5.38. The molecule has 0 saturated carbocycles. The molecule has 96 valence electrons. The lowest BCUT2D eigenvalue weighted by Gasteiger charge is -2.11. The Bertz CT molecular complexity index is 511. The number of carbonyl (C=O) groups is 3. The van der Waals surface area contributed by atoms with Crippen LogP contribution in [-0.2, 0) is 4.79 Å². The zero-order valence-corrected chi connectivity index (χ0v) is 10.5. The second-order valence-electron chi connectivity index (χ2n) is 4.04. The molecule has 0 aromatic carbocycles. The van der Waals surface area contributed by atoms with Gasteiger partial charge >= 0.3 is 5.97 Å². The smallest absolute Gasteiger partial charge is 0.345 e. The number of hydrogen-bond acceptors (Lipinski definition) is 4. The molecule has 0 spiro atoms. The molecule has 6 nitrogen and oxygen atoms in total. The van der Waals surface area contributed by atoms with Crippen LogP contribution < -0.4 is 5.32 Å². The molecule has 18 heavy (non-hydrogen) atoms. The Morgan fingerprint density at radius 1 is 1.44 bits per heavy atom. The van der Waals surface area contributed by atoms with Crippen molar-refractivity contribution in [1.82, 2.24) is 10.2 Å². The van der Waals surface area contributed by atoms with Crippen molar-refractivity contribution in [3.05, 3.63) is 21.9 Å². The monoisotopic (exact) mass is 268 g/mol. The van der Waals surface area contributed by atoms with Crippen molar-refractivity contribution >= 4 is 29.1 Å². The zero-order chi connectivity index (χ0) is 13.3. The van der Waals surface area contributed by atoms with E-state index in [0.29, 0.717) is 17.8 Å². The number of rotatable bonds is 3. The molecule has 1 atom stereocenters. The van der Waals surface area contributed by atoms with E-state index in [0.717, 1.165) is 11.3 Å². The Morgan fingerprint density at radius 3 is 2.61 bits per heavy atom. The van der Waals surface area contributed by atoms with Gasteiger partial charge in [0, 0.05) is 13.6 Å². The van der Waals surface area contributed by atoms with Crippen LogP contribution in [0.5, 0.6) is 0 Å². The number of likely N-dealkylation sites (tertiary alicyclic amines) is 1. The van der Waals surface area contributed by atoms with Crippen molar-refractivity contribution in [2.24, 2.45) is 0 Å². The highest BCUT2D eigenvalue weighted by Crippen LogP contribution is 2.17. The number of hydrogen-bond donors (Lipinski definition) is 2. The van der Waals surface area contributed by atoms with E-state index in [1.54, 1.807) is 11.9 Å². The number of thiophene rings is 1. The first kappa shape index (κ1) is 12.6. The first-order chi connectivity index (χ1) is 8.49. The number of carbonyl (C=O) groups excluding carboxylic acids is 2. The standard InChI is InChI=1S/C11H12N2O4S/c1-13-5-4-6(10(13)15)12-9(14)7-2-3-8(18-7)11(16)17/h2-3,6H,4-5H2,1H3,(H,12,14)(H,16,17). The summed E-state index contributed by atoms with van der Waals surface area (Å²) in [5.41, 5.74) is 0. The summed E-state index contributed by atoms with van der Waals surface area (Å²) in [5.74, 6) is -1.57. The molecule has 1 aromatic rings. The summed E-state index contributed by atoms with van der Waals surface area (Å²) < 4.78 is 0. The van der Waals surface area contributed by atoms with Crippen molar-refractivity contribution in [2.45, 2.75) is 12.5 Å². The second-order valence-corrected chi connectivity index (χ2v) is 5.13. The molecule has 2 heterocycles. The summed E-state index contributed by atoms with van der Waals surface area (Å²) in [5, 5.41) is 11.4. The number of nitrogens with zero attached hydrogens (tertiary/aromatic N) is 1. The Kier molecular flexibility index (Phi) is 3.33. The molecule has 1 aromatic heterocycles. The van der Waals surface area contributed by atoms with Gasteiger partial charge in [0.25, 0.3) is 5.91 Å². The first-order valence-corrected chi connectivity index (χ1v) is 6.19. The van der Waals surface area contributed by atoms with Crippen LogP contribution in [0.2, 0.25) is 0 Å². The minimum absolute atomic E-state index is 0.106. The molecule has 0 aliphatic carbocycles. The Morgan fingerprint density at radius 2 is 2.11 bits per heavy atom. The van der Waals surface area contributed by atoms with Gasteiger partial charge in [0.05, 0.1) is 4.88 Å². The minimum Gasteiger partial charge on any atom is -0.477 e. The highest BCUT2D eigenvalue weighted by Gasteiger charge is 2.30. The third-order valence-electron chi connectivity index (χ3n) is 2.77. The summed E-state index contributed by atoms with van der Waals surface area (Å²) in [6, 6.07) is 2.33. The molecule has 1 saturated heterocycles. The van der Waals surface area contributed by atoms with Gasteiger partial charge in [-0.25, -0.2) is 4.79 Å². The van der Waals surface area contributed by atoms with E-state index in [9.17, 15) is 14.4 Å². The Hall–Kier alpha value is -1.89. The highest BCUT2D eigenvalue weighted by atomic mass is 32.1. The van der Waals surface area contributed by atoms with Gasteiger partial charge in [-0.3, -0.25) is 9.59 Å². The van der Waals surface area contributed by atoms with Gasteiger partial charge in [-0.15, -0.1) is 11.3 Å². The van der Waals surface area contributed by atoms with Crippen LogP contribution in [0, 0.1) is 0 Å². The lowest BCUT2D eigenvalue weighted by molar-refractivity contribution is -0.128. The maximum absolute atomic E-state index is 11.8. The fourth-order valence-electron chi connectivity index (χ4n) is 1.76. The summed E-state index contributed by atoms with van der Waals surface area (Å²) in [4.78, 5) is 36.1. The van der Waals surface area contributed by atoms with Crippen LogP contribution in [0.1, 0.15) is 25.8 Å². The molecule has 1 unspecified atom stereocenters. The number of nitrogens with one attached hydrogen (secondary N) is 1. The van der Waals surface area contributed by atoms with Gasteiger partial charge < -0.3 is 15.3 Å². The minimum atomic E-state index is -1.06. The lowest BCUT2D eigenvalue weighted by atomic mass is 10.2. The molecule has 1 aliphatic heterocycles. The summed E-state index contributed by atoms with van der Waals surface area (Å²) in [6.07, 6.45) is 0.582. The summed E-state index contributed by atoms with van der Waals surface area (Å²) >= 11 is 0.898. The normalized spacial score (nSPS) is 19.1. The summed E-state index contributed by atoms with van der Waals surface area (Å²) in [7, 11) is 1.68. The van der Waals surface area contributed by atoms with Crippen LogP contribution in [0.3, 0.4) is 0 Å². The van der Waals surface area contributed by atoms with Gasteiger partial charge in [-0.1, -0.05) is 0 Å². The Labute approximate surface area is 107 Å². The number of likely N-dealkylation sites (N-methyl/N-ethyl adjacent to an activating group) is 1. The molecule has 2 rings (SSSR count). The van der Waals surface area contributed by atoms with E-state index in [2.05, 4.69) is 5.32 Å². The fourth-order valence-corrected chi connectivity index (χ4v) is 2.51. The van der Waals surface area contributed by atoms with Crippen LogP contribution >= 0.6 is 11.3 Å². The predicted octanol–water partition coefficient (Wildman–Crippen LogP) is 0.407. The maximum atomic E-state index is 11.8. The zero-order valence-electron chi connectivity index (χ0n) is 9.67. The fraction of sp³-hybridized carbons (Fsp3) is 0.364. The van der Waals surface area contributed by atoms with Gasteiger partial charge in [-0.2, -0.15) is 0 Å². The predicted molar refractivity (Wildman–Crippen MR) is 64.8 cm³/mol. The van der Waals surface area contributed by atoms with Crippen LogP contribution in [0.25, 0.3) is 0 Å². The molecular weight excluding hydrogens is 256 g/mol. The molecule has 0 bridgehead atoms. The van der Waals surface area contributed by atoms with Crippen molar-refractivity contribution < 1.29 is 19.5 Å². The number of aromatic carboxylic acids is 1. The molecular formula is C11H12N2O4S. The van der Waals surface area contributed by atoms with Crippen molar-refractivity contribution in [1.29, 1.82) is 0 Å². The largest absolute Gasteiger partial charge is 0.477 e. The second kappa shape index (κ2) is 4.77. The Balaban J connectivity index is 2.03. The number of amides is 2. The van der Waals surface area contributed by atoms with Gasteiger partial charge in [0.1, 0.15) is 10.9 Å². The van der Waals surface area contributed by atoms with E-state index in [1.165, 1.54) is 12.1 Å². The van der Waals surface area contributed by atoms with Crippen LogP contribution in [0.15, 0.2) is 12.1 Å². The van der Waals surface area contributed by atoms with Crippen molar-refractivity contribution in [3.63, 3.8) is 0 Å². The third-order valence-corrected chi connectivity index (χ3v) is 3.85. The quantitative estimate of drug-likeness (QED) is 0.831. The molecule has 1 fully saturated rings. The van der Waals surface area contributed by atoms with E-state index < -0.39 is 17.9 Å². The number of carboxylic acid groups (broad SMARTS) is 1. The van der Waals surface area contributed by atoms with Crippen LogP contribution in [0.4, 0.5) is 0 Å².